The highest BCUT2D eigenvalue weighted by Gasteiger charge is 2.32. The maximum atomic E-state index is 12.6. The summed E-state index contributed by atoms with van der Waals surface area (Å²) in [6.45, 7) is 0. The molecule has 5 heteroatoms. The summed E-state index contributed by atoms with van der Waals surface area (Å²) in [5.74, 6) is 0.589. The number of rotatable bonds is 2. The number of halogens is 1. The molecule has 1 aromatic heterocycles. The second-order valence-electron chi connectivity index (χ2n) is 6.85. The third-order valence-corrected chi connectivity index (χ3v) is 5.32. The van der Waals surface area contributed by atoms with E-state index in [1.54, 1.807) is 12.1 Å². The Bertz CT molecular complexity index is 1220. The van der Waals surface area contributed by atoms with E-state index in [4.69, 9.17) is 16.0 Å². The zero-order chi connectivity index (χ0) is 19.1. The average molecular weight is 389 g/mol. The molecule has 2 heterocycles. The number of anilines is 2. The summed E-state index contributed by atoms with van der Waals surface area (Å²) in [6, 6.07) is 24.2. The van der Waals surface area contributed by atoms with E-state index in [0.717, 1.165) is 16.9 Å². The molecule has 0 amide bonds. The van der Waals surface area contributed by atoms with Gasteiger partial charge < -0.3 is 15.1 Å². The van der Waals surface area contributed by atoms with Crippen LogP contribution in [-0.2, 0) is 0 Å². The predicted molar refractivity (Wildman–Crippen MR) is 113 cm³/mol. The van der Waals surface area contributed by atoms with Gasteiger partial charge in [-0.25, -0.2) is 0 Å². The Morgan fingerprint density at radius 1 is 0.786 bits per heavy atom. The first-order valence-corrected chi connectivity index (χ1v) is 9.47. The van der Waals surface area contributed by atoms with Crippen LogP contribution >= 0.6 is 11.6 Å². The minimum atomic E-state index is -0.256. The van der Waals surface area contributed by atoms with E-state index >= 15 is 0 Å². The fraction of sp³-hybridized carbons (Fsp3) is 0.0870. The normalized spacial score (nSPS) is 18.2. The van der Waals surface area contributed by atoms with Crippen LogP contribution in [0, 0.1) is 0 Å². The SMILES string of the molecule is O=c1cc([C@H]2Nc3ccccc3N[C@@H]2c2ccc(Cl)cc2)oc2ccccc12. The zero-order valence-corrected chi connectivity index (χ0v) is 15.6. The minimum absolute atomic E-state index is 0.0487. The van der Waals surface area contributed by atoms with Gasteiger partial charge in [0, 0.05) is 11.1 Å². The third kappa shape index (κ3) is 2.92. The first-order chi connectivity index (χ1) is 13.7. The lowest BCUT2D eigenvalue weighted by Crippen LogP contribution is -2.30. The van der Waals surface area contributed by atoms with Crippen molar-refractivity contribution in [1.82, 2.24) is 0 Å². The summed E-state index contributed by atoms with van der Waals surface area (Å²) < 4.78 is 6.14. The van der Waals surface area contributed by atoms with Gasteiger partial charge in [-0.2, -0.15) is 0 Å². The van der Waals surface area contributed by atoms with Crippen LogP contribution < -0.4 is 16.1 Å². The maximum Gasteiger partial charge on any atom is 0.193 e. The fourth-order valence-corrected chi connectivity index (χ4v) is 3.82. The van der Waals surface area contributed by atoms with Crippen LogP contribution in [0.15, 0.2) is 88.1 Å². The van der Waals surface area contributed by atoms with Gasteiger partial charge in [-0.15, -0.1) is 0 Å². The summed E-state index contributed by atoms with van der Waals surface area (Å²) in [4.78, 5) is 12.6. The van der Waals surface area contributed by atoms with Gasteiger partial charge in [0.05, 0.1) is 22.8 Å². The molecule has 28 heavy (non-hydrogen) atoms. The Morgan fingerprint density at radius 2 is 1.43 bits per heavy atom. The Kier molecular flexibility index (Phi) is 4.06. The zero-order valence-electron chi connectivity index (χ0n) is 14.9. The summed E-state index contributed by atoms with van der Waals surface area (Å²) in [5.41, 5.74) is 3.55. The lowest BCUT2D eigenvalue weighted by Gasteiger charge is -2.36. The molecule has 138 valence electrons. The lowest BCUT2D eigenvalue weighted by atomic mass is 9.93. The Labute approximate surface area is 166 Å². The van der Waals surface area contributed by atoms with Gasteiger partial charge in [-0.3, -0.25) is 4.79 Å². The maximum absolute atomic E-state index is 12.6. The van der Waals surface area contributed by atoms with Crippen molar-refractivity contribution in [2.24, 2.45) is 0 Å². The second-order valence-corrected chi connectivity index (χ2v) is 7.29. The van der Waals surface area contributed by atoms with Gasteiger partial charge in [0.2, 0.25) is 0 Å². The van der Waals surface area contributed by atoms with Gasteiger partial charge in [-0.1, -0.05) is 48.0 Å². The smallest absolute Gasteiger partial charge is 0.193 e. The van der Waals surface area contributed by atoms with Crippen LogP contribution in [0.1, 0.15) is 23.4 Å². The standard InChI is InChI=1S/C23H17ClN2O2/c24-15-11-9-14(10-12-15)22-23(26-18-7-3-2-6-17(18)25-22)21-13-19(27)16-5-1-4-8-20(16)28-21/h1-13,22-23,25-26H/t22-,23-/m1/s1. The van der Waals surface area contributed by atoms with Crippen LogP contribution in [0.4, 0.5) is 11.4 Å². The molecule has 3 aromatic carbocycles. The van der Waals surface area contributed by atoms with E-state index in [2.05, 4.69) is 10.6 Å². The molecule has 0 saturated carbocycles. The van der Waals surface area contributed by atoms with Crippen LogP contribution in [0.5, 0.6) is 0 Å². The molecule has 0 fully saturated rings. The molecule has 0 radical (unpaired) electrons. The summed E-state index contributed by atoms with van der Waals surface area (Å²) in [7, 11) is 0. The number of hydrogen-bond donors (Lipinski definition) is 2. The Balaban J connectivity index is 1.66. The van der Waals surface area contributed by atoms with Gasteiger partial charge in [0.15, 0.2) is 5.43 Å². The van der Waals surface area contributed by atoms with Crippen molar-refractivity contribution >= 4 is 33.9 Å². The average Bonchev–Trinajstić information content (AvgIpc) is 2.73. The molecule has 0 aliphatic carbocycles. The van der Waals surface area contributed by atoms with E-state index < -0.39 is 0 Å². The molecule has 5 rings (SSSR count). The predicted octanol–water partition coefficient (Wildman–Crippen LogP) is 5.77. The molecular formula is C23H17ClN2O2. The molecular weight excluding hydrogens is 372 g/mol. The van der Waals surface area contributed by atoms with E-state index in [0.29, 0.717) is 21.8 Å². The molecule has 4 nitrogen and oxygen atoms in total. The number of para-hydroxylation sites is 3. The van der Waals surface area contributed by atoms with Crippen molar-refractivity contribution in [3.8, 4) is 0 Å². The van der Waals surface area contributed by atoms with Crippen molar-refractivity contribution in [2.75, 3.05) is 10.6 Å². The summed E-state index contributed by atoms with van der Waals surface area (Å²) >= 11 is 6.08. The number of hydrogen-bond acceptors (Lipinski definition) is 4. The highest BCUT2D eigenvalue weighted by atomic mass is 35.5. The van der Waals surface area contributed by atoms with Gasteiger partial charge in [-0.05, 0) is 42.0 Å². The first kappa shape index (κ1) is 16.9. The molecule has 0 unspecified atom stereocenters. The Morgan fingerprint density at radius 3 is 2.18 bits per heavy atom. The van der Waals surface area contributed by atoms with E-state index in [9.17, 15) is 4.79 Å². The molecule has 0 saturated heterocycles. The van der Waals surface area contributed by atoms with E-state index in [-0.39, 0.29) is 17.5 Å². The highest BCUT2D eigenvalue weighted by molar-refractivity contribution is 6.30. The highest BCUT2D eigenvalue weighted by Crippen LogP contribution is 2.42. The van der Waals surface area contributed by atoms with Gasteiger partial charge in [0.1, 0.15) is 17.4 Å². The number of fused-ring (bicyclic) bond motifs is 2. The van der Waals surface area contributed by atoms with Gasteiger partial charge >= 0.3 is 0 Å². The second kappa shape index (κ2) is 6.73. The molecule has 2 atom stereocenters. The first-order valence-electron chi connectivity index (χ1n) is 9.09. The number of benzene rings is 3. The fourth-order valence-electron chi connectivity index (χ4n) is 3.69. The lowest BCUT2D eigenvalue weighted by molar-refractivity contribution is 0.467. The van der Waals surface area contributed by atoms with Crippen LogP contribution in [0.2, 0.25) is 5.02 Å². The van der Waals surface area contributed by atoms with Crippen LogP contribution in [0.3, 0.4) is 0 Å². The van der Waals surface area contributed by atoms with E-state index in [1.807, 2.05) is 66.7 Å². The Hall–Kier alpha value is -3.24. The topological polar surface area (TPSA) is 54.3 Å². The van der Waals surface area contributed by atoms with Crippen LogP contribution in [0.25, 0.3) is 11.0 Å². The monoisotopic (exact) mass is 388 g/mol. The molecule has 4 aromatic rings. The minimum Gasteiger partial charge on any atom is -0.459 e. The van der Waals surface area contributed by atoms with Gasteiger partial charge in [0.25, 0.3) is 0 Å². The van der Waals surface area contributed by atoms with Crippen molar-refractivity contribution in [3.05, 3.63) is 105 Å². The molecule has 0 bridgehead atoms. The molecule has 1 aliphatic rings. The van der Waals surface area contributed by atoms with Crippen molar-refractivity contribution in [1.29, 1.82) is 0 Å². The number of nitrogens with one attached hydrogen (secondary N) is 2. The quantitative estimate of drug-likeness (QED) is 0.458. The third-order valence-electron chi connectivity index (χ3n) is 5.07. The van der Waals surface area contributed by atoms with Crippen molar-refractivity contribution in [3.63, 3.8) is 0 Å². The summed E-state index contributed by atoms with van der Waals surface area (Å²) in [5, 5.41) is 8.39. The molecule has 2 N–H and O–H groups in total. The van der Waals surface area contributed by atoms with Crippen molar-refractivity contribution in [2.45, 2.75) is 12.1 Å². The largest absolute Gasteiger partial charge is 0.459 e. The molecule has 1 aliphatic heterocycles. The van der Waals surface area contributed by atoms with Crippen molar-refractivity contribution < 1.29 is 4.42 Å². The molecule has 0 spiro atoms. The van der Waals surface area contributed by atoms with Crippen LogP contribution in [-0.4, -0.2) is 0 Å². The summed E-state index contributed by atoms with van der Waals surface area (Å²) in [6.07, 6.45) is 0. The van der Waals surface area contributed by atoms with E-state index in [1.165, 1.54) is 0 Å².